The number of hydrogen-bond donors (Lipinski definition) is 0. The Bertz CT molecular complexity index is 281. The number of pyridine rings is 1. The standard InChI is InChI=1S/C9H6N.Co/c1-2-4-9-7-10-6-5-8(9)3-1;/h1-6H;/q-1;. The van der Waals surface area contributed by atoms with Crippen molar-refractivity contribution in [2.45, 2.75) is 0 Å². The second-order valence-electron chi connectivity index (χ2n) is 2.14. The number of benzene rings is 1. The number of fused-ring (bicyclic) bond motifs is 1. The Morgan fingerprint density at radius 1 is 1.09 bits per heavy atom. The van der Waals surface area contributed by atoms with Gasteiger partial charge in [0.25, 0.3) is 0 Å². The van der Waals surface area contributed by atoms with Crippen LogP contribution in [0.4, 0.5) is 0 Å². The monoisotopic (exact) mass is 187 g/mol. The maximum absolute atomic E-state index is 3.89. The predicted molar refractivity (Wildman–Crippen MR) is 40.6 cm³/mol. The minimum absolute atomic E-state index is 0. The van der Waals surface area contributed by atoms with Gasteiger partial charge in [0, 0.05) is 16.8 Å². The molecule has 2 heteroatoms. The molecule has 0 unspecified atom stereocenters. The number of rotatable bonds is 0. The van der Waals surface area contributed by atoms with Crippen LogP contribution in [0.15, 0.2) is 36.5 Å². The quantitative estimate of drug-likeness (QED) is 0.575. The first-order valence-corrected chi connectivity index (χ1v) is 3.18. The van der Waals surface area contributed by atoms with Gasteiger partial charge in [0.2, 0.25) is 0 Å². The topological polar surface area (TPSA) is 12.9 Å². The van der Waals surface area contributed by atoms with E-state index in [1.165, 1.54) is 5.39 Å². The molecule has 0 saturated heterocycles. The fourth-order valence-corrected chi connectivity index (χ4v) is 0.969. The normalized spacial score (nSPS) is 9.09. The molecule has 0 N–H and O–H groups in total. The van der Waals surface area contributed by atoms with E-state index < -0.39 is 0 Å². The third-order valence-electron chi connectivity index (χ3n) is 1.47. The third-order valence-corrected chi connectivity index (χ3v) is 1.47. The van der Waals surface area contributed by atoms with Gasteiger partial charge in [0.15, 0.2) is 0 Å². The molecule has 0 amide bonds. The second-order valence-corrected chi connectivity index (χ2v) is 2.14. The Kier molecular flexibility index (Phi) is 2.62. The predicted octanol–water partition coefficient (Wildman–Crippen LogP) is 2.03. The molecule has 0 aliphatic heterocycles. The number of nitrogens with zero attached hydrogens (tertiary/aromatic N) is 1. The SMILES string of the molecule is [Co].[c-]1nccc2ccccc12. The van der Waals surface area contributed by atoms with Crippen molar-refractivity contribution >= 4 is 10.8 Å². The van der Waals surface area contributed by atoms with E-state index in [1.54, 1.807) is 6.20 Å². The van der Waals surface area contributed by atoms with Gasteiger partial charge in [-0.25, -0.2) is 0 Å². The molecule has 11 heavy (non-hydrogen) atoms. The van der Waals surface area contributed by atoms with E-state index in [0.717, 1.165) is 5.39 Å². The summed E-state index contributed by atoms with van der Waals surface area (Å²) in [6.45, 7) is 0. The zero-order chi connectivity index (χ0) is 6.81. The van der Waals surface area contributed by atoms with Gasteiger partial charge in [-0.1, -0.05) is 18.3 Å². The molecular formula is C9H6CoN-. The summed E-state index contributed by atoms with van der Waals surface area (Å²) in [5.41, 5.74) is 0. The van der Waals surface area contributed by atoms with E-state index in [4.69, 9.17) is 0 Å². The van der Waals surface area contributed by atoms with Crippen molar-refractivity contribution in [3.05, 3.63) is 42.7 Å². The molecule has 0 atom stereocenters. The van der Waals surface area contributed by atoms with Crippen LogP contribution < -0.4 is 0 Å². The Balaban J connectivity index is 0.000000605. The Labute approximate surface area is 75.7 Å². The van der Waals surface area contributed by atoms with Gasteiger partial charge in [-0.15, -0.1) is 29.0 Å². The molecule has 57 valence electrons. The van der Waals surface area contributed by atoms with Crippen molar-refractivity contribution < 1.29 is 16.8 Å². The van der Waals surface area contributed by atoms with Crippen molar-refractivity contribution in [3.63, 3.8) is 0 Å². The van der Waals surface area contributed by atoms with Gasteiger partial charge in [0.1, 0.15) is 0 Å². The van der Waals surface area contributed by atoms with Crippen LogP contribution in [-0.4, -0.2) is 4.98 Å². The fourth-order valence-electron chi connectivity index (χ4n) is 0.969. The molecule has 1 heterocycles. The summed E-state index contributed by atoms with van der Waals surface area (Å²) in [6.07, 6.45) is 4.65. The number of hydrogen-bond acceptors (Lipinski definition) is 1. The number of aromatic nitrogens is 1. The van der Waals surface area contributed by atoms with Crippen LogP contribution in [0, 0.1) is 6.20 Å². The summed E-state index contributed by atoms with van der Waals surface area (Å²) >= 11 is 0. The maximum Gasteiger partial charge on any atom is 0 e. The average Bonchev–Trinajstić information content (AvgIpc) is 2.05. The molecular weight excluding hydrogens is 181 g/mol. The summed E-state index contributed by atoms with van der Waals surface area (Å²) in [7, 11) is 0. The molecule has 0 fully saturated rings. The second kappa shape index (κ2) is 3.51. The van der Waals surface area contributed by atoms with Crippen LogP contribution >= 0.6 is 0 Å². The molecule has 1 nitrogen and oxygen atoms in total. The van der Waals surface area contributed by atoms with Crippen molar-refractivity contribution in [3.8, 4) is 0 Å². The summed E-state index contributed by atoms with van der Waals surface area (Å²) in [5, 5.41) is 2.27. The summed E-state index contributed by atoms with van der Waals surface area (Å²) in [4.78, 5) is 3.89. The van der Waals surface area contributed by atoms with Crippen LogP contribution in [0.1, 0.15) is 0 Å². The van der Waals surface area contributed by atoms with Gasteiger partial charge in [-0.2, -0.15) is 0 Å². The molecule has 0 bridgehead atoms. The molecule has 1 aromatic carbocycles. The third kappa shape index (κ3) is 1.58. The van der Waals surface area contributed by atoms with E-state index in [-0.39, 0.29) is 16.8 Å². The zero-order valence-electron chi connectivity index (χ0n) is 5.74. The average molecular weight is 187 g/mol. The fraction of sp³-hybridized carbons (Fsp3) is 0. The van der Waals surface area contributed by atoms with Gasteiger partial charge in [-0.3, -0.25) is 0 Å². The van der Waals surface area contributed by atoms with Gasteiger partial charge >= 0.3 is 0 Å². The summed E-state index contributed by atoms with van der Waals surface area (Å²) in [5.74, 6) is 0. The van der Waals surface area contributed by atoms with Gasteiger partial charge in [-0.05, 0) is 6.20 Å². The Hall–Kier alpha value is -0.864. The molecule has 1 aromatic heterocycles. The molecule has 0 aliphatic carbocycles. The van der Waals surface area contributed by atoms with Crippen LogP contribution in [-0.2, 0) is 16.8 Å². The molecule has 0 spiro atoms. The largest absolute Gasteiger partial charge is 0.360 e. The Morgan fingerprint density at radius 2 is 1.91 bits per heavy atom. The maximum atomic E-state index is 3.89. The molecule has 0 aliphatic rings. The van der Waals surface area contributed by atoms with E-state index in [9.17, 15) is 0 Å². The molecule has 2 rings (SSSR count). The first kappa shape index (κ1) is 8.24. The summed E-state index contributed by atoms with van der Waals surface area (Å²) in [6, 6.07) is 10.0. The molecule has 0 saturated carbocycles. The molecule has 2 aromatic rings. The van der Waals surface area contributed by atoms with E-state index in [1.807, 2.05) is 30.3 Å². The van der Waals surface area contributed by atoms with Gasteiger partial charge in [0.05, 0.1) is 0 Å². The van der Waals surface area contributed by atoms with Crippen molar-refractivity contribution in [1.82, 2.24) is 4.98 Å². The zero-order valence-corrected chi connectivity index (χ0v) is 6.79. The minimum Gasteiger partial charge on any atom is -0.360 e. The first-order chi connectivity index (χ1) is 4.97. The Morgan fingerprint density at radius 3 is 2.73 bits per heavy atom. The smallest absolute Gasteiger partial charge is 0 e. The van der Waals surface area contributed by atoms with E-state index in [2.05, 4.69) is 11.2 Å². The van der Waals surface area contributed by atoms with Gasteiger partial charge < -0.3 is 4.98 Å². The first-order valence-electron chi connectivity index (χ1n) is 3.18. The van der Waals surface area contributed by atoms with Crippen molar-refractivity contribution in [1.29, 1.82) is 0 Å². The van der Waals surface area contributed by atoms with E-state index in [0.29, 0.717) is 0 Å². The van der Waals surface area contributed by atoms with E-state index >= 15 is 0 Å². The van der Waals surface area contributed by atoms with Crippen molar-refractivity contribution in [2.75, 3.05) is 0 Å². The minimum atomic E-state index is 0. The summed E-state index contributed by atoms with van der Waals surface area (Å²) < 4.78 is 0. The van der Waals surface area contributed by atoms with Crippen LogP contribution in [0.2, 0.25) is 0 Å². The van der Waals surface area contributed by atoms with Crippen LogP contribution in [0.5, 0.6) is 0 Å². The van der Waals surface area contributed by atoms with Crippen molar-refractivity contribution in [2.24, 2.45) is 0 Å². The molecule has 1 radical (unpaired) electrons. The van der Waals surface area contributed by atoms with Crippen LogP contribution in [0.25, 0.3) is 10.8 Å². The van der Waals surface area contributed by atoms with Crippen LogP contribution in [0.3, 0.4) is 0 Å².